The fourth-order valence-corrected chi connectivity index (χ4v) is 0. The first-order valence-electron chi connectivity index (χ1n) is 0.548. The van der Waals surface area contributed by atoms with E-state index in [0.717, 1.165) is 0 Å². The third-order valence-electron chi connectivity index (χ3n) is 0. The van der Waals surface area contributed by atoms with Gasteiger partial charge in [-0.15, -0.1) is 0 Å². The van der Waals surface area contributed by atoms with Gasteiger partial charge in [-0.1, -0.05) is 0 Å². The van der Waals surface area contributed by atoms with Crippen molar-refractivity contribution in [2.75, 3.05) is 0 Å². The average Bonchev–Trinajstić information content (AvgIpc) is 0.811. The SMILES string of the molecule is N.O=[N+]([O-])[O-].[Rh]. The van der Waals surface area contributed by atoms with Crippen molar-refractivity contribution in [3.8, 4) is 0 Å². The van der Waals surface area contributed by atoms with Gasteiger partial charge in [0.15, 0.2) is 0 Å². The first-order chi connectivity index (χ1) is 1.73. The number of nitrogens with zero attached hydrogens (tertiary/aromatic N) is 1. The van der Waals surface area contributed by atoms with Crippen molar-refractivity contribution in [3.63, 3.8) is 0 Å². The molecule has 1 radical (unpaired) electrons. The van der Waals surface area contributed by atoms with Crippen LogP contribution in [0.4, 0.5) is 0 Å². The minimum absolute atomic E-state index is 0. The summed E-state index contributed by atoms with van der Waals surface area (Å²) in [6, 6.07) is 0. The molecular weight excluding hydrogens is 179 g/mol. The quantitative estimate of drug-likeness (QED) is 0.321. The zero-order chi connectivity index (χ0) is 3.58. The Hall–Kier alpha value is -0.217. The molecule has 0 aromatic rings. The van der Waals surface area contributed by atoms with E-state index in [9.17, 15) is 0 Å². The van der Waals surface area contributed by atoms with Crippen molar-refractivity contribution in [3.05, 3.63) is 15.3 Å². The molecule has 0 saturated carbocycles. The van der Waals surface area contributed by atoms with Gasteiger partial charge in [-0.2, -0.15) is 0 Å². The second-order valence-corrected chi connectivity index (χ2v) is 0.224. The smallest absolute Gasteiger partial charge is 0.0689 e. The predicted molar refractivity (Wildman–Crippen MR) is 15.4 cm³/mol. The molecule has 0 fully saturated rings. The maximum absolute atomic E-state index is 8.25. The van der Waals surface area contributed by atoms with Crippen LogP contribution in [0.15, 0.2) is 0 Å². The molecule has 0 atom stereocenters. The molecule has 0 amide bonds. The van der Waals surface area contributed by atoms with Crippen LogP contribution in [0.1, 0.15) is 0 Å². The Kier molecular flexibility index (Phi) is 25.2. The Bertz CT molecular complexity index is 31.8. The maximum Gasteiger partial charge on any atom is 0.0689 e. The third-order valence-corrected chi connectivity index (χ3v) is 0. The minimum Gasteiger partial charge on any atom is -0.356 e. The van der Waals surface area contributed by atoms with Gasteiger partial charge in [0.05, 0.1) is 5.09 Å². The first kappa shape index (κ1) is 17.1. The molecule has 0 unspecified atom stereocenters. The van der Waals surface area contributed by atoms with Crippen LogP contribution in [0.25, 0.3) is 0 Å². The van der Waals surface area contributed by atoms with Crippen molar-refractivity contribution in [2.24, 2.45) is 0 Å². The van der Waals surface area contributed by atoms with E-state index < -0.39 is 5.09 Å². The summed E-state index contributed by atoms with van der Waals surface area (Å²) in [7, 11) is 0. The van der Waals surface area contributed by atoms with E-state index in [2.05, 4.69) is 0 Å². The summed E-state index contributed by atoms with van der Waals surface area (Å²) in [5.41, 5.74) is 0. The van der Waals surface area contributed by atoms with Crippen LogP contribution < -0.4 is 6.15 Å². The van der Waals surface area contributed by atoms with Crippen molar-refractivity contribution in [1.29, 1.82) is 0 Å². The van der Waals surface area contributed by atoms with Crippen molar-refractivity contribution in [2.45, 2.75) is 0 Å². The van der Waals surface area contributed by atoms with Gasteiger partial charge in [0.25, 0.3) is 0 Å². The van der Waals surface area contributed by atoms with Crippen LogP contribution in [0.5, 0.6) is 0 Å². The molecule has 0 aliphatic rings. The Morgan fingerprint density at radius 3 is 1.33 bits per heavy atom. The van der Waals surface area contributed by atoms with Gasteiger partial charge < -0.3 is 21.5 Å². The number of rotatable bonds is 0. The van der Waals surface area contributed by atoms with E-state index in [1.165, 1.54) is 0 Å². The maximum atomic E-state index is 8.25. The standard InChI is InChI=1S/NO3.H3N.Rh/c2-1(3)4;;/h;1H3;/q-1;;. The molecule has 0 aromatic carbocycles. The number of hydrogen-bond donors (Lipinski definition) is 1. The van der Waals surface area contributed by atoms with Crippen molar-refractivity contribution >= 4 is 0 Å². The van der Waals surface area contributed by atoms with Gasteiger partial charge in [-0.3, -0.25) is 0 Å². The average molecular weight is 182 g/mol. The van der Waals surface area contributed by atoms with Crippen molar-refractivity contribution in [1.82, 2.24) is 6.15 Å². The Morgan fingerprint density at radius 2 is 1.33 bits per heavy atom. The molecule has 6 heavy (non-hydrogen) atoms. The second-order valence-electron chi connectivity index (χ2n) is 0.224. The molecular formula is H3N2O3Rh-. The normalized spacial score (nSPS) is 4.00. The van der Waals surface area contributed by atoms with Gasteiger partial charge in [-0.05, 0) is 0 Å². The summed E-state index contributed by atoms with van der Waals surface area (Å²) in [6.45, 7) is 0. The molecule has 0 bridgehead atoms. The van der Waals surface area contributed by atoms with E-state index in [1.54, 1.807) is 0 Å². The summed E-state index contributed by atoms with van der Waals surface area (Å²) in [4.78, 5) is 8.25. The molecule has 0 heterocycles. The zero-order valence-corrected chi connectivity index (χ0v) is 4.35. The zero-order valence-electron chi connectivity index (χ0n) is 2.71. The van der Waals surface area contributed by atoms with E-state index in [-0.39, 0.29) is 25.6 Å². The molecule has 5 nitrogen and oxygen atoms in total. The van der Waals surface area contributed by atoms with Crippen LogP contribution in [-0.2, 0) is 19.5 Å². The molecule has 0 spiro atoms. The van der Waals surface area contributed by atoms with Crippen molar-refractivity contribution < 1.29 is 24.6 Å². The molecule has 3 N–H and O–H groups in total. The number of hydrogen-bond acceptors (Lipinski definition) is 4. The van der Waals surface area contributed by atoms with Gasteiger partial charge in [-0.25, -0.2) is 0 Å². The van der Waals surface area contributed by atoms with Crippen LogP contribution >= 0.6 is 0 Å². The van der Waals surface area contributed by atoms with Crippen LogP contribution in [-0.4, -0.2) is 5.09 Å². The molecule has 0 saturated heterocycles. The first-order valence-corrected chi connectivity index (χ1v) is 0.548. The molecule has 0 aliphatic heterocycles. The van der Waals surface area contributed by atoms with Crippen LogP contribution in [0, 0.1) is 15.3 Å². The van der Waals surface area contributed by atoms with Gasteiger partial charge >= 0.3 is 0 Å². The van der Waals surface area contributed by atoms with Gasteiger partial charge in [0, 0.05) is 19.5 Å². The molecule has 6 heteroatoms. The Morgan fingerprint density at radius 1 is 1.33 bits per heavy atom. The molecule has 0 aliphatic carbocycles. The Balaban J connectivity index is -0.0000000450. The largest absolute Gasteiger partial charge is 0.356 e. The van der Waals surface area contributed by atoms with Crippen LogP contribution in [0.2, 0.25) is 0 Å². The van der Waals surface area contributed by atoms with E-state index in [4.69, 9.17) is 15.3 Å². The molecule has 0 aromatic heterocycles. The van der Waals surface area contributed by atoms with Crippen LogP contribution in [0.3, 0.4) is 0 Å². The minimum atomic E-state index is -1.75. The summed E-state index contributed by atoms with van der Waals surface area (Å²) in [5, 5.41) is 14.8. The molecule has 0 rings (SSSR count). The summed E-state index contributed by atoms with van der Waals surface area (Å²) in [5.74, 6) is 0. The van der Waals surface area contributed by atoms with Gasteiger partial charge in [0.1, 0.15) is 0 Å². The summed E-state index contributed by atoms with van der Waals surface area (Å²) in [6.07, 6.45) is 0. The van der Waals surface area contributed by atoms with Gasteiger partial charge in [0.2, 0.25) is 0 Å². The van der Waals surface area contributed by atoms with E-state index >= 15 is 0 Å². The predicted octanol–water partition coefficient (Wildman–Crippen LogP) is -0.0796. The molecule has 41 valence electrons. The third kappa shape index (κ3) is 625. The summed E-state index contributed by atoms with van der Waals surface area (Å²) >= 11 is 0. The topological polar surface area (TPSA) is 101 Å². The monoisotopic (exact) mass is 182 g/mol. The fourth-order valence-electron chi connectivity index (χ4n) is 0. The second kappa shape index (κ2) is 8.84. The summed E-state index contributed by atoms with van der Waals surface area (Å²) < 4.78 is 0. The fraction of sp³-hybridized carbons (Fsp3) is 0. The van der Waals surface area contributed by atoms with E-state index in [1.807, 2.05) is 0 Å². The van der Waals surface area contributed by atoms with E-state index in [0.29, 0.717) is 0 Å². The Labute approximate surface area is 46.8 Å².